The Labute approximate surface area is 189 Å². The Balaban J connectivity index is 0.000000383. The molecule has 3 aromatic rings. The van der Waals surface area contributed by atoms with Crippen molar-refractivity contribution >= 4 is 40.4 Å². The van der Waals surface area contributed by atoms with Gasteiger partial charge in [0.1, 0.15) is 16.6 Å². The van der Waals surface area contributed by atoms with Crippen LogP contribution in [0.15, 0.2) is 29.8 Å². The number of carboxylic acid groups (broad SMARTS) is 1. The highest BCUT2D eigenvalue weighted by Gasteiger charge is 2.38. The summed E-state index contributed by atoms with van der Waals surface area (Å²) < 4.78 is 33.3. The van der Waals surface area contributed by atoms with E-state index in [0.29, 0.717) is 28.8 Å². The zero-order valence-electron chi connectivity index (χ0n) is 16.9. The van der Waals surface area contributed by atoms with E-state index >= 15 is 0 Å². The van der Waals surface area contributed by atoms with Gasteiger partial charge in [0.2, 0.25) is 5.95 Å². The Kier molecular flexibility index (Phi) is 7.14. The van der Waals surface area contributed by atoms with Crippen molar-refractivity contribution in [3.63, 3.8) is 0 Å². The lowest BCUT2D eigenvalue weighted by Crippen LogP contribution is -2.43. The van der Waals surface area contributed by atoms with E-state index in [1.165, 1.54) is 11.3 Å². The number of piperidine rings is 1. The maximum Gasteiger partial charge on any atom is 0.490 e. The number of amides is 1. The molecular formula is C19H18F3N7O3S. The van der Waals surface area contributed by atoms with E-state index in [0.717, 1.165) is 24.9 Å². The van der Waals surface area contributed by atoms with Gasteiger partial charge >= 0.3 is 12.1 Å². The molecule has 33 heavy (non-hydrogen) atoms. The number of alkyl halides is 3. The Morgan fingerprint density at radius 3 is 2.70 bits per heavy atom. The number of aliphatic carboxylic acids is 1. The molecule has 0 aliphatic carbocycles. The van der Waals surface area contributed by atoms with Gasteiger partial charge in [0.05, 0.1) is 17.4 Å². The molecule has 0 radical (unpaired) electrons. The van der Waals surface area contributed by atoms with E-state index < -0.39 is 12.1 Å². The van der Waals surface area contributed by atoms with Crippen molar-refractivity contribution < 1.29 is 27.9 Å². The number of hydrogen-bond acceptors (Lipinski definition) is 8. The van der Waals surface area contributed by atoms with Crippen molar-refractivity contribution in [3.8, 4) is 6.07 Å². The molecular weight excluding hydrogens is 463 g/mol. The number of aromatic nitrogens is 3. The highest BCUT2D eigenvalue weighted by molar-refractivity contribution is 7.11. The minimum atomic E-state index is -5.08. The number of carbonyl (C=O) groups is 2. The molecule has 0 unspecified atom stereocenters. The number of hydrogen-bond donors (Lipinski definition) is 3. The lowest BCUT2D eigenvalue weighted by molar-refractivity contribution is -0.192. The Hall–Kier alpha value is -3.70. The molecule has 4 N–H and O–H groups in total. The van der Waals surface area contributed by atoms with Gasteiger partial charge in [-0.15, -0.1) is 16.4 Å². The van der Waals surface area contributed by atoms with Gasteiger partial charge in [-0.05, 0) is 36.4 Å². The van der Waals surface area contributed by atoms with Crippen LogP contribution in [0.3, 0.4) is 0 Å². The first-order valence-electron chi connectivity index (χ1n) is 9.54. The van der Waals surface area contributed by atoms with Crippen LogP contribution in [0.5, 0.6) is 0 Å². The summed E-state index contributed by atoms with van der Waals surface area (Å²) in [6, 6.07) is 7.39. The normalized spacial score (nSPS) is 16.0. The quantitative estimate of drug-likeness (QED) is 0.516. The van der Waals surface area contributed by atoms with E-state index in [-0.39, 0.29) is 11.9 Å². The zero-order chi connectivity index (χ0) is 24.2. The highest BCUT2D eigenvalue weighted by atomic mass is 32.1. The summed E-state index contributed by atoms with van der Waals surface area (Å²) in [5.74, 6) is -2.52. The summed E-state index contributed by atoms with van der Waals surface area (Å²) in [6.45, 7) is 1.55. The molecule has 1 aliphatic heterocycles. The van der Waals surface area contributed by atoms with Gasteiger partial charge in [0.25, 0.3) is 5.91 Å². The predicted octanol–water partition coefficient (Wildman–Crippen LogP) is 2.48. The van der Waals surface area contributed by atoms with Gasteiger partial charge in [0.15, 0.2) is 0 Å². The molecule has 4 rings (SSSR count). The number of nitriles is 1. The van der Waals surface area contributed by atoms with Gasteiger partial charge in [-0.1, -0.05) is 0 Å². The smallest absolute Gasteiger partial charge is 0.475 e. The number of fused-ring (bicyclic) bond motifs is 1. The largest absolute Gasteiger partial charge is 0.490 e. The molecule has 4 heterocycles. The van der Waals surface area contributed by atoms with Gasteiger partial charge in [-0.25, -0.2) is 14.3 Å². The first-order valence-corrected chi connectivity index (χ1v) is 10.4. The standard InChI is InChI=1S/C17H17N7OS.C2HF3O2/c18-8-15-13(5-7-26-15)21-16(25)14-4-3-12-9-20-17(22-24(12)14)23-6-1-2-11(19)10-23;3-2(4,5)1(6)7/h3-5,7,9,11H,1-2,6,10,19H2,(H,21,25);(H,6,7)/t11-;/m0./s1. The number of halogens is 3. The maximum atomic E-state index is 12.7. The van der Waals surface area contributed by atoms with E-state index in [9.17, 15) is 18.0 Å². The summed E-state index contributed by atoms with van der Waals surface area (Å²) in [6.07, 6.45) is -1.39. The Morgan fingerprint density at radius 1 is 1.33 bits per heavy atom. The van der Waals surface area contributed by atoms with Crippen LogP contribution in [0.25, 0.3) is 5.52 Å². The average molecular weight is 481 g/mol. The summed E-state index contributed by atoms with van der Waals surface area (Å²) in [5, 5.41) is 25.3. The van der Waals surface area contributed by atoms with Crippen molar-refractivity contribution in [3.05, 3.63) is 40.3 Å². The predicted molar refractivity (Wildman–Crippen MR) is 113 cm³/mol. The first-order chi connectivity index (χ1) is 15.6. The number of anilines is 2. The van der Waals surface area contributed by atoms with Crippen molar-refractivity contribution in [2.24, 2.45) is 5.73 Å². The molecule has 1 amide bonds. The molecule has 1 saturated heterocycles. The van der Waals surface area contributed by atoms with Gasteiger partial charge in [-0.3, -0.25) is 4.79 Å². The SMILES string of the molecule is N#Cc1sccc1NC(=O)c1ccc2cnc(N3CCC[C@H](N)C3)nn12.O=C(O)C(F)(F)F. The molecule has 1 aliphatic rings. The fourth-order valence-corrected chi connectivity index (χ4v) is 3.72. The van der Waals surface area contributed by atoms with Crippen LogP contribution in [0.2, 0.25) is 0 Å². The van der Waals surface area contributed by atoms with Gasteiger partial charge in [0, 0.05) is 19.1 Å². The third-order valence-electron chi connectivity index (χ3n) is 4.62. The number of nitrogens with zero attached hydrogens (tertiary/aromatic N) is 5. The van der Waals surface area contributed by atoms with E-state index in [1.54, 1.807) is 34.3 Å². The summed E-state index contributed by atoms with van der Waals surface area (Å²) >= 11 is 1.29. The molecule has 1 fully saturated rings. The summed E-state index contributed by atoms with van der Waals surface area (Å²) in [5.41, 5.74) is 7.67. The first kappa shape index (κ1) is 24.0. The van der Waals surface area contributed by atoms with Crippen LogP contribution in [-0.2, 0) is 4.79 Å². The molecule has 14 heteroatoms. The lowest BCUT2D eigenvalue weighted by Gasteiger charge is -2.30. The Morgan fingerprint density at radius 2 is 2.06 bits per heavy atom. The second-order valence-corrected chi connectivity index (χ2v) is 7.91. The summed E-state index contributed by atoms with van der Waals surface area (Å²) in [4.78, 5) is 28.5. The minimum absolute atomic E-state index is 0.110. The van der Waals surface area contributed by atoms with Crippen molar-refractivity contribution in [2.75, 3.05) is 23.3 Å². The minimum Gasteiger partial charge on any atom is -0.475 e. The molecule has 174 valence electrons. The second-order valence-electron chi connectivity index (χ2n) is 6.99. The number of carbonyl (C=O) groups excluding carboxylic acids is 1. The highest BCUT2D eigenvalue weighted by Crippen LogP contribution is 2.22. The number of carboxylic acids is 1. The van der Waals surface area contributed by atoms with Gasteiger partial charge < -0.3 is 21.1 Å². The lowest BCUT2D eigenvalue weighted by atomic mass is 10.1. The Bertz CT molecular complexity index is 1200. The topological polar surface area (TPSA) is 150 Å². The van der Waals surface area contributed by atoms with Crippen molar-refractivity contribution in [2.45, 2.75) is 25.1 Å². The van der Waals surface area contributed by atoms with Crippen LogP contribution in [-0.4, -0.2) is 56.9 Å². The molecule has 0 saturated carbocycles. The van der Waals surface area contributed by atoms with Gasteiger partial charge in [-0.2, -0.15) is 18.4 Å². The van der Waals surface area contributed by atoms with Crippen molar-refractivity contribution in [1.29, 1.82) is 5.26 Å². The van der Waals surface area contributed by atoms with Crippen LogP contribution >= 0.6 is 11.3 Å². The molecule has 3 aromatic heterocycles. The second kappa shape index (κ2) is 9.84. The molecule has 1 atom stereocenters. The van der Waals surface area contributed by atoms with E-state index in [2.05, 4.69) is 21.5 Å². The van der Waals surface area contributed by atoms with Crippen LogP contribution in [0, 0.1) is 11.3 Å². The summed E-state index contributed by atoms with van der Waals surface area (Å²) in [7, 11) is 0. The number of nitrogens with two attached hydrogens (primary N) is 1. The van der Waals surface area contributed by atoms with E-state index in [1.807, 2.05) is 4.90 Å². The number of nitrogens with one attached hydrogen (secondary N) is 1. The number of rotatable bonds is 3. The maximum absolute atomic E-state index is 12.7. The van der Waals surface area contributed by atoms with Crippen LogP contribution < -0.4 is 16.0 Å². The molecule has 0 spiro atoms. The average Bonchev–Trinajstić information content (AvgIpc) is 3.39. The van der Waals surface area contributed by atoms with Crippen LogP contribution in [0.4, 0.5) is 24.8 Å². The fourth-order valence-electron chi connectivity index (χ4n) is 3.08. The van der Waals surface area contributed by atoms with Crippen LogP contribution in [0.1, 0.15) is 28.2 Å². The third-order valence-corrected chi connectivity index (χ3v) is 5.44. The molecule has 0 aromatic carbocycles. The monoisotopic (exact) mass is 481 g/mol. The zero-order valence-corrected chi connectivity index (χ0v) is 17.7. The number of thiophene rings is 1. The fraction of sp³-hybridized carbons (Fsp3) is 0.316. The molecule has 0 bridgehead atoms. The molecule has 10 nitrogen and oxygen atoms in total. The van der Waals surface area contributed by atoms with Crippen molar-refractivity contribution in [1.82, 2.24) is 14.6 Å². The van der Waals surface area contributed by atoms with E-state index in [4.69, 9.17) is 20.9 Å². The third kappa shape index (κ3) is 5.76.